The minimum Gasteiger partial charge on any atom is -0.361 e. The molecule has 1 aromatic heterocycles. The minimum atomic E-state index is -4.44. The Morgan fingerprint density at radius 3 is 2.23 bits per heavy atom. The summed E-state index contributed by atoms with van der Waals surface area (Å²) < 4.78 is 41.6. The molecule has 0 aliphatic heterocycles. The number of aromatic amines is 1. The molecule has 0 unspecified atom stereocenters. The second-order valence-electron chi connectivity index (χ2n) is 7.68. The number of halogens is 2. The van der Waals surface area contributed by atoms with Crippen LogP contribution in [0.2, 0.25) is 5.02 Å². The van der Waals surface area contributed by atoms with Crippen LogP contribution in [0.1, 0.15) is 50.7 Å². The third kappa shape index (κ3) is 4.44. The first-order valence-corrected chi connectivity index (χ1v) is 11.3. The first-order chi connectivity index (χ1) is 14.0. The molecular formula is C21H23ClFN3O3S. The van der Waals surface area contributed by atoms with Gasteiger partial charge in [-0.05, 0) is 53.3 Å². The van der Waals surface area contributed by atoms with Crippen molar-refractivity contribution in [2.24, 2.45) is 0 Å². The van der Waals surface area contributed by atoms with E-state index >= 15 is 0 Å². The van der Waals surface area contributed by atoms with Crippen molar-refractivity contribution in [2.75, 3.05) is 5.32 Å². The van der Waals surface area contributed by atoms with Gasteiger partial charge >= 0.3 is 6.03 Å². The third-order valence-electron chi connectivity index (χ3n) is 4.77. The van der Waals surface area contributed by atoms with Crippen LogP contribution in [0.5, 0.6) is 0 Å². The van der Waals surface area contributed by atoms with Gasteiger partial charge in [0, 0.05) is 27.8 Å². The zero-order chi connectivity index (χ0) is 22.2. The van der Waals surface area contributed by atoms with Crippen LogP contribution < -0.4 is 10.0 Å². The number of fused-ring (bicyclic) bond motifs is 1. The standard InChI is InChI=1S/C21H23ClFN3O3S/c1-11(2)15-8-14(22)9-16(12(3)4)20(15)25-21(27)26-30(28,29)19-10-18-13(5-6-24-18)7-17(19)23/h5-12,24H,1-4H3,(H2,25,26,27). The van der Waals surface area contributed by atoms with E-state index in [0.717, 1.165) is 23.3 Å². The van der Waals surface area contributed by atoms with E-state index in [-0.39, 0.29) is 11.8 Å². The summed E-state index contributed by atoms with van der Waals surface area (Å²) in [4.78, 5) is 14.8. The number of sulfonamides is 1. The van der Waals surface area contributed by atoms with Crippen LogP contribution >= 0.6 is 11.6 Å². The Hall–Kier alpha value is -2.58. The van der Waals surface area contributed by atoms with E-state index in [9.17, 15) is 17.6 Å². The molecule has 0 fully saturated rings. The highest BCUT2D eigenvalue weighted by Gasteiger charge is 2.24. The highest BCUT2D eigenvalue weighted by molar-refractivity contribution is 7.90. The molecule has 0 saturated heterocycles. The molecule has 3 N–H and O–H groups in total. The molecule has 0 radical (unpaired) electrons. The number of urea groups is 1. The number of rotatable bonds is 5. The maximum atomic E-state index is 14.4. The van der Waals surface area contributed by atoms with Crippen LogP contribution in [0, 0.1) is 5.82 Å². The average molecular weight is 452 g/mol. The minimum absolute atomic E-state index is 0.0286. The fourth-order valence-corrected chi connectivity index (χ4v) is 4.51. The Balaban J connectivity index is 1.94. The summed E-state index contributed by atoms with van der Waals surface area (Å²) in [7, 11) is -4.44. The molecule has 1 heterocycles. The van der Waals surface area contributed by atoms with Gasteiger partial charge in [-0.3, -0.25) is 0 Å². The van der Waals surface area contributed by atoms with Crippen molar-refractivity contribution in [3.8, 4) is 0 Å². The summed E-state index contributed by atoms with van der Waals surface area (Å²) in [5.41, 5.74) is 2.49. The van der Waals surface area contributed by atoms with Crippen LogP contribution in [0.25, 0.3) is 10.9 Å². The number of carbonyl (C=O) groups excluding carboxylic acids is 1. The summed E-state index contributed by atoms with van der Waals surface area (Å²) >= 11 is 6.22. The summed E-state index contributed by atoms with van der Waals surface area (Å²) in [6.07, 6.45) is 1.57. The Bertz CT molecular complexity index is 1190. The molecule has 0 bridgehead atoms. The van der Waals surface area contributed by atoms with E-state index in [1.54, 1.807) is 24.4 Å². The lowest BCUT2D eigenvalue weighted by Crippen LogP contribution is -2.35. The number of benzene rings is 2. The number of nitrogens with one attached hydrogen (secondary N) is 3. The smallest absolute Gasteiger partial charge is 0.333 e. The van der Waals surface area contributed by atoms with Crippen LogP contribution in [-0.2, 0) is 10.0 Å². The van der Waals surface area contributed by atoms with Gasteiger partial charge in [0.2, 0.25) is 0 Å². The third-order valence-corrected chi connectivity index (χ3v) is 6.33. The molecule has 6 nitrogen and oxygen atoms in total. The predicted octanol–water partition coefficient (Wildman–Crippen LogP) is 5.72. The second-order valence-corrected chi connectivity index (χ2v) is 9.76. The summed E-state index contributed by atoms with van der Waals surface area (Å²) in [5.74, 6) is -0.888. The van der Waals surface area contributed by atoms with E-state index in [1.165, 1.54) is 0 Å². The number of H-pyrrole nitrogens is 1. The van der Waals surface area contributed by atoms with E-state index in [0.29, 0.717) is 21.6 Å². The van der Waals surface area contributed by atoms with Gasteiger partial charge in [-0.2, -0.15) is 0 Å². The maximum Gasteiger partial charge on any atom is 0.333 e. The zero-order valence-electron chi connectivity index (χ0n) is 17.0. The van der Waals surface area contributed by atoms with Crippen LogP contribution in [0.15, 0.2) is 41.4 Å². The van der Waals surface area contributed by atoms with E-state index in [4.69, 9.17) is 11.6 Å². The molecule has 3 rings (SSSR count). The van der Waals surface area contributed by atoms with Gasteiger partial charge in [0.05, 0.1) is 0 Å². The van der Waals surface area contributed by atoms with E-state index in [2.05, 4.69) is 10.3 Å². The average Bonchev–Trinajstić information content (AvgIpc) is 3.08. The second kappa shape index (κ2) is 8.28. The van der Waals surface area contributed by atoms with Crippen molar-refractivity contribution < 1.29 is 17.6 Å². The van der Waals surface area contributed by atoms with Crippen molar-refractivity contribution in [1.82, 2.24) is 9.71 Å². The predicted molar refractivity (Wildman–Crippen MR) is 117 cm³/mol. The molecule has 30 heavy (non-hydrogen) atoms. The van der Waals surface area contributed by atoms with Crippen molar-refractivity contribution in [3.63, 3.8) is 0 Å². The number of amides is 2. The molecule has 9 heteroatoms. The summed E-state index contributed by atoms with van der Waals surface area (Å²) in [5, 5.41) is 3.69. The van der Waals surface area contributed by atoms with Gasteiger partial charge in [-0.15, -0.1) is 0 Å². The lowest BCUT2D eigenvalue weighted by molar-refractivity contribution is 0.256. The van der Waals surface area contributed by atoms with Crippen molar-refractivity contribution in [3.05, 3.63) is 58.5 Å². The highest BCUT2D eigenvalue weighted by Crippen LogP contribution is 2.35. The van der Waals surface area contributed by atoms with Crippen LogP contribution in [0.4, 0.5) is 14.9 Å². The lowest BCUT2D eigenvalue weighted by atomic mass is 9.92. The van der Waals surface area contributed by atoms with Crippen LogP contribution in [0.3, 0.4) is 0 Å². The monoisotopic (exact) mass is 451 g/mol. The summed E-state index contributed by atoms with van der Waals surface area (Å²) in [6, 6.07) is 6.37. The number of anilines is 1. The first kappa shape index (κ1) is 22.1. The molecule has 0 aliphatic rings. The molecular weight excluding hydrogens is 429 g/mol. The molecule has 0 saturated carbocycles. The SMILES string of the molecule is CC(C)c1cc(Cl)cc(C(C)C)c1NC(=O)NS(=O)(=O)c1cc2[nH]ccc2cc1F. The van der Waals surface area contributed by atoms with E-state index < -0.39 is 26.8 Å². The molecule has 2 aromatic carbocycles. The number of hydrogen-bond acceptors (Lipinski definition) is 3. The van der Waals surface area contributed by atoms with Crippen molar-refractivity contribution in [1.29, 1.82) is 0 Å². The Labute approximate surface area is 179 Å². The summed E-state index contributed by atoms with van der Waals surface area (Å²) in [6.45, 7) is 7.76. The van der Waals surface area contributed by atoms with Gasteiger partial charge in [-0.25, -0.2) is 22.3 Å². The van der Waals surface area contributed by atoms with E-state index in [1.807, 2.05) is 32.4 Å². The normalized spacial score (nSPS) is 12.0. The number of hydrogen-bond donors (Lipinski definition) is 3. The quantitative estimate of drug-likeness (QED) is 0.463. The molecule has 3 aromatic rings. The Morgan fingerprint density at radius 2 is 1.67 bits per heavy atom. The van der Waals surface area contributed by atoms with Crippen molar-refractivity contribution >= 4 is 44.2 Å². The molecule has 160 valence electrons. The molecule has 2 amide bonds. The van der Waals surface area contributed by atoms with Crippen molar-refractivity contribution in [2.45, 2.75) is 44.4 Å². The fraction of sp³-hybridized carbons (Fsp3) is 0.286. The molecule has 0 aliphatic carbocycles. The van der Waals surface area contributed by atoms with Gasteiger partial charge in [-0.1, -0.05) is 39.3 Å². The maximum absolute atomic E-state index is 14.4. The van der Waals surface area contributed by atoms with Gasteiger partial charge < -0.3 is 10.3 Å². The van der Waals surface area contributed by atoms with Gasteiger partial charge in [0.25, 0.3) is 10.0 Å². The Morgan fingerprint density at radius 1 is 1.07 bits per heavy atom. The topological polar surface area (TPSA) is 91.1 Å². The fourth-order valence-electron chi connectivity index (χ4n) is 3.28. The highest BCUT2D eigenvalue weighted by atomic mass is 35.5. The van der Waals surface area contributed by atoms with Gasteiger partial charge in [0.1, 0.15) is 10.7 Å². The first-order valence-electron chi connectivity index (χ1n) is 9.43. The molecule has 0 atom stereocenters. The number of aromatic nitrogens is 1. The molecule has 0 spiro atoms. The lowest BCUT2D eigenvalue weighted by Gasteiger charge is -2.21. The zero-order valence-corrected chi connectivity index (χ0v) is 18.6. The van der Waals surface area contributed by atoms with Crippen LogP contribution in [-0.4, -0.2) is 19.4 Å². The van der Waals surface area contributed by atoms with Gasteiger partial charge in [0.15, 0.2) is 0 Å². The Kier molecular flexibility index (Phi) is 6.10. The largest absolute Gasteiger partial charge is 0.361 e. The number of carbonyl (C=O) groups is 1.